The van der Waals surface area contributed by atoms with Gasteiger partial charge in [-0.2, -0.15) is 0 Å². The molecule has 0 saturated heterocycles. The molecule has 0 fully saturated rings. The molecule has 2 aromatic carbocycles. The number of fused-ring (bicyclic) bond motifs is 2. The number of ether oxygens (including phenoxy) is 7. The fourth-order valence-electron chi connectivity index (χ4n) is 4.49. The summed E-state index contributed by atoms with van der Waals surface area (Å²) < 4.78 is 37.7. The van der Waals surface area contributed by atoms with Gasteiger partial charge in [-0.25, -0.2) is 0 Å². The van der Waals surface area contributed by atoms with Crippen LogP contribution in [0.2, 0.25) is 0 Å². The number of amides is 2. The normalized spacial score (nSPS) is 11.9. The highest BCUT2D eigenvalue weighted by atomic mass is 16.6. The zero-order valence-electron chi connectivity index (χ0n) is 28.0. The van der Waals surface area contributed by atoms with Crippen LogP contribution in [-0.4, -0.2) is 122 Å². The minimum atomic E-state index is -0.883. The van der Waals surface area contributed by atoms with Crippen LogP contribution in [0.1, 0.15) is 36.0 Å². The van der Waals surface area contributed by atoms with Crippen molar-refractivity contribution in [2.75, 3.05) is 104 Å². The van der Waals surface area contributed by atoms with E-state index in [2.05, 4.69) is 17.2 Å². The number of para-hydroxylation sites is 1. The molecule has 2 amide bonds. The van der Waals surface area contributed by atoms with E-state index in [1.165, 1.54) is 0 Å². The summed E-state index contributed by atoms with van der Waals surface area (Å²) in [4.78, 5) is 37.6. The smallest absolute Gasteiger partial charge is 0.305 e. The molecule has 268 valence electrons. The minimum Gasteiger partial charge on any atom is -0.481 e. The van der Waals surface area contributed by atoms with Crippen molar-refractivity contribution in [2.24, 2.45) is 0 Å². The monoisotopic (exact) mass is 684 g/mol. The van der Waals surface area contributed by atoms with Gasteiger partial charge in [-0.15, -0.1) is 0 Å². The zero-order chi connectivity index (χ0) is 34.8. The van der Waals surface area contributed by atoms with Crippen LogP contribution in [0.15, 0.2) is 48.5 Å². The Balaban J connectivity index is 1.09. The quantitative estimate of drug-likeness (QED) is 0.106. The first-order valence-electron chi connectivity index (χ1n) is 16.6. The van der Waals surface area contributed by atoms with Crippen LogP contribution >= 0.6 is 0 Å². The van der Waals surface area contributed by atoms with Gasteiger partial charge in [0, 0.05) is 30.5 Å². The number of aliphatic carboxylic acids is 1. The lowest BCUT2D eigenvalue weighted by molar-refractivity contribution is -0.138. The summed E-state index contributed by atoms with van der Waals surface area (Å²) in [5, 5.41) is 11.3. The molecule has 0 atom stereocenters. The minimum absolute atomic E-state index is 0.0132. The number of nitrogens with one attached hydrogen (secondary N) is 1. The molecule has 0 radical (unpaired) electrons. The summed E-state index contributed by atoms with van der Waals surface area (Å²) in [6.45, 7) is 6.09. The van der Waals surface area contributed by atoms with Crippen LogP contribution < -0.4 is 10.2 Å². The summed E-state index contributed by atoms with van der Waals surface area (Å²) in [7, 11) is 0. The van der Waals surface area contributed by atoms with Gasteiger partial charge in [0.25, 0.3) is 0 Å². The van der Waals surface area contributed by atoms with Crippen molar-refractivity contribution in [3.8, 4) is 11.8 Å². The van der Waals surface area contributed by atoms with Gasteiger partial charge in [0.2, 0.25) is 11.8 Å². The van der Waals surface area contributed by atoms with E-state index >= 15 is 0 Å². The first kappa shape index (κ1) is 39.6. The summed E-state index contributed by atoms with van der Waals surface area (Å²) in [5.41, 5.74) is 3.45. The molecule has 1 aliphatic heterocycles. The molecule has 0 aromatic heterocycles. The summed E-state index contributed by atoms with van der Waals surface area (Å²) in [5.74, 6) is 5.25. The molecule has 13 heteroatoms. The van der Waals surface area contributed by atoms with E-state index in [9.17, 15) is 14.4 Å². The predicted molar refractivity (Wildman–Crippen MR) is 180 cm³/mol. The van der Waals surface area contributed by atoms with Gasteiger partial charge >= 0.3 is 5.97 Å². The second-order valence-electron chi connectivity index (χ2n) is 10.7. The maximum Gasteiger partial charge on any atom is 0.305 e. The Hall–Kier alpha value is -3.87. The van der Waals surface area contributed by atoms with Gasteiger partial charge in [-0.1, -0.05) is 42.2 Å². The van der Waals surface area contributed by atoms with Crippen molar-refractivity contribution in [3.05, 3.63) is 65.2 Å². The Kier molecular flexibility index (Phi) is 20.3. The number of nitrogens with zero attached hydrogens (tertiary/aromatic N) is 1. The Morgan fingerprint density at radius 2 is 1.04 bits per heavy atom. The van der Waals surface area contributed by atoms with Crippen molar-refractivity contribution in [1.82, 2.24) is 5.32 Å². The van der Waals surface area contributed by atoms with E-state index in [1.807, 2.05) is 48.5 Å². The summed E-state index contributed by atoms with van der Waals surface area (Å²) in [6.07, 6.45) is 0.348. The fourth-order valence-corrected chi connectivity index (χ4v) is 4.49. The molecule has 1 aliphatic rings. The molecule has 0 aliphatic carbocycles. The third-order valence-electron chi connectivity index (χ3n) is 7.00. The van der Waals surface area contributed by atoms with E-state index in [0.717, 1.165) is 22.4 Å². The van der Waals surface area contributed by atoms with Crippen molar-refractivity contribution in [1.29, 1.82) is 0 Å². The Morgan fingerprint density at radius 1 is 0.592 bits per heavy atom. The SMILES string of the molecule is O=C(O)CCOCCOCCOCCOCCOCCOCCOCCC(=O)NCCC(=O)N1Cc2ccccc2C#Cc2ccccc21. The molecule has 1 heterocycles. The highest BCUT2D eigenvalue weighted by Crippen LogP contribution is 2.25. The Labute approximate surface area is 288 Å². The van der Waals surface area contributed by atoms with Crippen LogP contribution in [0, 0.1) is 11.8 Å². The highest BCUT2D eigenvalue weighted by Gasteiger charge is 2.21. The summed E-state index contributed by atoms with van der Waals surface area (Å²) >= 11 is 0. The summed E-state index contributed by atoms with van der Waals surface area (Å²) in [6, 6.07) is 15.4. The lowest BCUT2D eigenvalue weighted by Gasteiger charge is -2.26. The number of carbonyl (C=O) groups is 3. The van der Waals surface area contributed by atoms with Crippen LogP contribution in [0.25, 0.3) is 0 Å². The predicted octanol–water partition coefficient (Wildman–Crippen LogP) is 2.42. The highest BCUT2D eigenvalue weighted by molar-refractivity contribution is 5.95. The van der Waals surface area contributed by atoms with E-state index < -0.39 is 5.97 Å². The van der Waals surface area contributed by atoms with Gasteiger partial charge in [0.05, 0.1) is 111 Å². The molecular formula is C36H48N2O11. The lowest BCUT2D eigenvalue weighted by Crippen LogP contribution is -2.35. The average molecular weight is 685 g/mol. The van der Waals surface area contributed by atoms with Gasteiger partial charge in [0.15, 0.2) is 0 Å². The van der Waals surface area contributed by atoms with E-state index in [0.29, 0.717) is 85.8 Å². The maximum atomic E-state index is 13.2. The number of carbonyl (C=O) groups excluding carboxylic acids is 2. The number of benzene rings is 2. The molecule has 0 saturated carbocycles. The Morgan fingerprint density at radius 3 is 1.59 bits per heavy atom. The maximum absolute atomic E-state index is 13.2. The standard InChI is InChI=1S/C36H48N2O11/c39-34(37-14-11-35(40)38-29-32-7-2-1-5-30(32)9-10-31-6-3-4-8-33(31)38)12-15-43-17-19-45-21-23-47-25-27-49-28-26-48-24-22-46-20-18-44-16-13-36(41)42/h1-8H,11-29H2,(H,37,39)(H,41,42). The van der Waals surface area contributed by atoms with Crippen LogP contribution in [-0.2, 0) is 54.1 Å². The van der Waals surface area contributed by atoms with Crippen LogP contribution in [0.4, 0.5) is 5.69 Å². The number of carboxylic acids is 1. The molecule has 2 N–H and O–H groups in total. The lowest BCUT2D eigenvalue weighted by atomic mass is 10.0. The van der Waals surface area contributed by atoms with Crippen molar-refractivity contribution >= 4 is 23.5 Å². The van der Waals surface area contributed by atoms with Crippen molar-refractivity contribution in [2.45, 2.75) is 25.8 Å². The largest absolute Gasteiger partial charge is 0.481 e. The second kappa shape index (κ2) is 25.2. The topological polar surface area (TPSA) is 151 Å². The zero-order valence-corrected chi connectivity index (χ0v) is 28.0. The molecule has 0 spiro atoms. The first-order chi connectivity index (χ1) is 24.0. The molecule has 0 bridgehead atoms. The van der Waals surface area contributed by atoms with E-state index in [1.54, 1.807) is 4.90 Å². The first-order valence-corrected chi connectivity index (χ1v) is 16.6. The van der Waals surface area contributed by atoms with E-state index in [4.69, 9.17) is 38.3 Å². The number of hydrogen-bond acceptors (Lipinski definition) is 10. The molecule has 0 unspecified atom stereocenters. The van der Waals surface area contributed by atoms with Gasteiger partial charge in [0.1, 0.15) is 0 Å². The molecule has 2 aromatic rings. The van der Waals surface area contributed by atoms with E-state index in [-0.39, 0.29) is 50.8 Å². The fraction of sp³-hybridized carbons (Fsp3) is 0.528. The second-order valence-corrected chi connectivity index (χ2v) is 10.7. The number of anilines is 1. The van der Waals surface area contributed by atoms with Crippen molar-refractivity contribution < 1.29 is 52.6 Å². The average Bonchev–Trinajstić information content (AvgIpc) is 3.09. The van der Waals surface area contributed by atoms with Gasteiger partial charge < -0.3 is 48.5 Å². The third kappa shape index (κ3) is 17.4. The number of hydrogen-bond donors (Lipinski definition) is 2. The van der Waals surface area contributed by atoms with Gasteiger partial charge in [-0.05, 0) is 23.8 Å². The molecule has 3 rings (SSSR count). The van der Waals surface area contributed by atoms with Crippen LogP contribution in [0.3, 0.4) is 0 Å². The molecular weight excluding hydrogens is 636 g/mol. The van der Waals surface area contributed by atoms with Gasteiger partial charge in [-0.3, -0.25) is 14.4 Å². The van der Waals surface area contributed by atoms with Crippen molar-refractivity contribution in [3.63, 3.8) is 0 Å². The molecule has 13 nitrogen and oxygen atoms in total. The molecule has 49 heavy (non-hydrogen) atoms. The van der Waals surface area contributed by atoms with Crippen LogP contribution in [0.5, 0.6) is 0 Å². The number of carboxylic acid groups (broad SMARTS) is 1. The Bertz CT molecular complexity index is 1330. The number of rotatable bonds is 27. The third-order valence-corrected chi connectivity index (χ3v) is 7.00.